The van der Waals surface area contributed by atoms with E-state index in [1.807, 2.05) is 0 Å². The second kappa shape index (κ2) is 6.25. The Morgan fingerprint density at radius 1 is 1.28 bits per heavy atom. The van der Waals surface area contributed by atoms with Crippen molar-refractivity contribution < 1.29 is 13.5 Å². The highest BCUT2D eigenvalue weighted by atomic mass is 19.1. The third-order valence-corrected chi connectivity index (χ3v) is 3.28. The highest BCUT2D eigenvalue weighted by molar-refractivity contribution is 5.18. The lowest BCUT2D eigenvalue weighted by Crippen LogP contribution is -2.36. The van der Waals surface area contributed by atoms with Gasteiger partial charge in [0.25, 0.3) is 0 Å². The van der Waals surface area contributed by atoms with Crippen LogP contribution >= 0.6 is 0 Å². The summed E-state index contributed by atoms with van der Waals surface area (Å²) in [4.78, 5) is 0. The number of hydrogen-bond donors (Lipinski definition) is 1. The molecule has 1 aromatic carbocycles. The zero-order valence-corrected chi connectivity index (χ0v) is 10.6. The van der Waals surface area contributed by atoms with E-state index in [2.05, 4.69) is 5.32 Å². The maximum atomic E-state index is 13.0. The van der Waals surface area contributed by atoms with Gasteiger partial charge in [0, 0.05) is 19.2 Å². The quantitative estimate of drug-likeness (QED) is 0.808. The van der Waals surface area contributed by atoms with E-state index >= 15 is 0 Å². The molecule has 1 N–H and O–H groups in total. The molecule has 0 amide bonds. The maximum Gasteiger partial charge on any atom is 0.126 e. The summed E-state index contributed by atoms with van der Waals surface area (Å²) in [6, 6.07) is 4.03. The lowest BCUT2D eigenvalue weighted by atomic mass is 10.1. The van der Waals surface area contributed by atoms with Gasteiger partial charge in [-0.2, -0.15) is 0 Å². The van der Waals surface area contributed by atoms with Gasteiger partial charge in [-0.3, -0.25) is 0 Å². The maximum absolute atomic E-state index is 13.0. The summed E-state index contributed by atoms with van der Waals surface area (Å²) >= 11 is 0. The van der Waals surface area contributed by atoms with Crippen LogP contribution in [0, 0.1) is 17.6 Å². The lowest BCUT2D eigenvalue weighted by molar-refractivity contribution is 0.158. The summed E-state index contributed by atoms with van der Waals surface area (Å²) in [6.07, 6.45) is 3.12. The molecule has 0 aliphatic heterocycles. The first-order chi connectivity index (χ1) is 8.69. The van der Waals surface area contributed by atoms with Gasteiger partial charge >= 0.3 is 0 Å². The van der Waals surface area contributed by atoms with E-state index < -0.39 is 11.6 Å². The third-order valence-electron chi connectivity index (χ3n) is 3.28. The Labute approximate surface area is 106 Å². The Hall–Kier alpha value is -1.00. The number of hydrogen-bond acceptors (Lipinski definition) is 2. The first-order valence-corrected chi connectivity index (χ1v) is 6.36. The van der Waals surface area contributed by atoms with Gasteiger partial charge in [0.2, 0.25) is 0 Å². The van der Waals surface area contributed by atoms with Crippen LogP contribution in [-0.2, 0) is 11.2 Å². The predicted molar refractivity (Wildman–Crippen MR) is 66.5 cm³/mol. The highest BCUT2D eigenvalue weighted by Gasteiger charge is 2.30. The molecule has 0 bridgehead atoms. The number of ether oxygens (including phenoxy) is 1. The van der Waals surface area contributed by atoms with Gasteiger partial charge in [0.1, 0.15) is 11.6 Å². The van der Waals surface area contributed by atoms with E-state index in [0.29, 0.717) is 37.1 Å². The summed E-state index contributed by atoms with van der Waals surface area (Å²) in [5.41, 5.74) is 0.687. The van der Waals surface area contributed by atoms with Crippen molar-refractivity contribution >= 4 is 0 Å². The highest BCUT2D eigenvalue weighted by Crippen LogP contribution is 2.32. The van der Waals surface area contributed by atoms with E-state index in [-0.39, 0.29) is 0 Å². The van der Waals surface area contributed by atoms with Crippen molar-refractivity contribution in [3.63, 3.8) is 0 Å². The van der Waals surface area contributed by atoms with Crippen LogP contribution in [0.25, 0.3) is 0 Å². The molecule has 18 heavy (non-hydrogen) atoms. The topological polar surface area (TPSA) is 21.3 Å². The summed E-state index contributed by atoms with van der Waals surface area (Å²) in [6.45, 7) is 1.41. The first kappa shape index (κ1) is 13.4. The van der Waals surface area contributed by atoms with Crippen LogP contribution in [0.2, 0.25) is 0 Å². The average molecular weight is 255 g/mol. The Morgan fingerprint density at radius 2 is 1.94 bits per heavy atom. The van der Waals surface area contributed by atoms with Crippen LogP contribution in [0.5, 0.6) is 0 Å². The van der Waals surface area contributed by atoms with Crippen LogP contribution < -0.4 is 5.32 Å². The zero-order chi connectivity index (χ0) is 13.0. The summed E-state index contributed by atoms with van der Waals surface area (Å²) in [7, 11) is 1.69. The predicted octanol–water partition coefficient (Wildman–Crippen LogP) is 2.52. The molecule has 1 atom stereocenters. The number of methoxy groups -OCH3 is 1. The van der Waals surface area contributed by atoms with E-state index in [4.69, 9.17) is 4.74 Å². The second-order valence-electron chi connectivity index (χ2n) is 4.88. The molecule has 1 aliphatic rings. The smallest absolute Gasteiger partial charge is 0.126 e. The van der Waals surface area contributed by atoms with Gasteiger partial charge in [0.15, 0.2) is 0 Å². The van der Waals surface area contributed by atoms with Crippen molar-refractivity contribution in [3.8, 4) is 0 Å². The summed E-state index contributed by atoms with van der Waals surface area (Å²) in [5.74, 6) is -0.324. The number of halogens is 2. The largest absolute Gasteiger partial charge is 0.383 e. The Kier molecular flexibility index (Phi) is 4.66. The van der Waals surface area contributed by atoms with Crippen molar-refractivity contribution in [2.45, 2.75) is 25.3 Å². The van der Waals surface area contributed by atoms with Gasteiger partial charge in [-0.15, -0.1) is 0 Å². The minimum atomic E-state index is -0.513. The van der Waals surface area contributed by atoms with E-state index in [0.717, 1.165) is 6.07 Å². The van der Waals surface area contributed by atoms with Crippen molar-refractivity contribution in [2.75, 3.05) is 20.3 Å². The molecule has 1 fully saturated rings. The normalized spacial score (nSPS) is 16.8. The second-order valence-corrected chi connectivity index (χ2v) is 4.88. The minimum Gasteiger partial charge on any atom is -0.383 e. The molecule has 100 valence electrons. The van der Waals surface area contributed by atoms with Crippen LogP contribution in [0.3, 0.4) is 0 Å². The molecule has 1 aromatic rings. The van der Waals surface area contributed by atoms with Crippen molar-refractivity contribution in [1.29, 1.82) is 0 Å². The molecule has 0 heterocycles. The number of benzene rings is 1. The van der Waals surface area contributed by atoms with Gasteiger partial charge in [-0.05, 0) is 49.4 Å². The van der Waals surface area contributed by atoms with Gasteiger partial charge < -0.3 is 10.1 Å². The number of rotatable bonds is 7. The average Bonchev–Trinajstić information content (AvgIpc) is 3.10. The fourth-order valence-corrected chi connectivity index (χ4v) is 2.20. The summed E-state index contributed by atoms with van der Waals surface area (Å²) < 4.78 is 31.1. The summed E-state index contributed by atoms with van der Waals surface area (Å²) in [5, 5.41) is 3.40. The van der Waals surface area contributed by atoms with Crippen LogP contribution in [-0.4, -0.2) is 26.3 Å². The molecule has 1 saturated carbocycles. The Morgan fingerprint density at radius 3 is 2.50 bits per heavy atom. The molecule has 0 radical (unpaired) electrons. The minimum absolute atomic E-state index is 0.369. The molecule has 0 aromatic heterocycles. The fourth-order valence-electron chi connectivity index (χ4n) is 2.20. The van der Waals surface area contributed by atoms with Crippen LogP contribution in [0.1, 0.15) is 18.4 Å². The molecule has 2 nitrogen and oxygen atoms in total. The lowest BCUT2D eigenvalue weighted by Gasteiger charge is -2.17. The molecule has 2 rings (SSSR count). The van der Waals surface area contributed by atoms with Crippen molar-refractivity contribution in [3.05, 3.63) is 35.4 Å². The molecule has 4 heteroatoms. The third kappa shape index (κ3) is 4.03. The van der Waals surface area contributed by atoms with Crippen molar-refractivity contribution in [2.24, 2.45) is 5.92 Å². The SMILES string of the molecule is COCC(NCCc1cc(F)cc(F)c1)C1CC1. The zero-order valence-electron chi connectivity index (χ0n) is 10.6. The monoisotopic (exact) mass is 255 g/mol. The van der Waals surface area contributed by atoms with Gasteiger partial charge in [0.05, 0.1) is 6.61 Å². The molecule has 0 saturated heterocycles. The molecular weight excluding hydrogens is 236 g/mol. The Bertz CT molecular complexity index is 373. The Balaban J connectivity index is 1.79. The van der Waals surface area contributed by atoms with Crippen LogP contribution in [0.15, 0.2) is 18.2 Å². The van der Waals surface area contributed by atoms with E-state index in [1.165, 1.54) is 25.0 Å². The standard InChI is InChI=1S/C14H19F2NO/c1-18-9-14(11-2-3-11)17-5-4-10-6-12(15)8-13(16)7-10/h6-8,11,14,17H,2-5,9H2,1H3. The van der Waals surface area contributed by atoms with Crippen LogP contribution in [0.4, 0.5) is 8.78 Å². The number of nitrogens with one attached hydrogen (secondary N) is 1. The van der Waals surface area contributed by atoms with E-state index in [1.54, 1.807) is 7.11 Å². The van der Waals surface area contributed by atoms with Gasteiger partial charge in [-0.25, -0.2) is 8.78 Å². The van der Waals surface area contributed by atoms with Gasteiger partial charge in [-0.1, -0.05) is 0 Å². The molecule has 1 aliphatic carbocycles. The van der Waals surface area contributed by atoms with Crippen molar-refractivity contribution in [1.82, 2.24) is 5.32 Å². The molecular formula is C14H19F2NO. The molecule has 0 spiro atoms. The molecule has 1 unspecified atom stereocenters. The fraction of sp³-hybridized carbons (Fsp3) is 0.571. The van der Waals surface area contributed by atoms with E-state index in [9.17, 15) is 8.78 Å². The first-order valence-electron chi connectivity index (χ1n) is 6.36.